The van der Waals surface area contributed by atoms with E-state index >= 15 is 0 Å². The van der Waals surface area contributed by atoms with Gasteiger partial charge >= 0.3 is 0 Å². The molecule has 2 aromatic heterocycles. The molecule has 0 unspecified atom stereocenters. The van der Waals surface area contributed by atoms with Crippen LogP contribution in [-0.2, 0) is 24.2 Å². The number of carbonyl (C=O) groups excluding carboxylic acids is 3. The van der Waals surface area contributed by atoms with E-state index in [9.17, 15) is 14.4 Å². The average Bonchev–Trinajstić information content (AvgIpc) is 3.75. The Bertz CT molecular complexity index is 2010. The van der Waals surface area contributed by atoms with Gasteiger partial charge in [-0.2, -0.15) is 0 Å². The predicted octanol–water partition coefficient (Wildman–Crippen LogP) is 6.35. The number of Topliss-reactive ketones (excluding diaryl/α,β-unsaturated/α-hetero) is 2. The molecule has 45 heavy (non-hydrogen) atoms. The smallest absolute Gasteiger partial charge is 0.237 e. The summed E-state index contributed by atoms with van der Waals surface area (Å²) in [5, 5.41) is 4.07. The number of aromatic nitrogens is 1. The molecule has 2 N–H and O–H groups in total. The number of furan rings is 1. The Labute approximate surface area is 263 Å². The van der Waals surface area contributed by atoms with Crippen LogP contribution in [0, 0.1) is 5.92 Å². The van der Waals surface area contributed by atoms with E-state index in [1.54, 1.807) is 6.92 Å². The summed E-state index contributed by atoms with van der Waals surface area (Å²) in [5.41, 5.74) is 1.36. The molecule has 2 aliphatic rings. The second-order valence-electron chi connectivity index (χ2n) is 11.3. The van der Waals surface area contributed by atoms with Gasteiger partial charge < -0.3 is 28.9 Å². The molecule has 2 atom stereocenters. The van der Waals surface area contributed by atoms with Gasteiger partial charge in [-0.3, -0.25) is 14.4 Å². The van der Waals surface area contributed by atoms with Crippen LogP contribution >= 0.6 is 11.6 Å². The van der Waals surface area contributed by atoms with Gasteiger partial charge in [-0.25, -0.2) is 0 Å². The molecule has 228 valence electrons. The zero-order chi connectivity index (χ0) is 31.5. The van der Waals surface area contributed by atoms with Crippen molar-refractivity contribution in [3.8, 4) is 28.6 Å². The number of carbonyl (C=O) groups is 3. The Morgan fingerprint density at radius 1 is 1.02 bits per heavy atom. The Morgan fingerprint density at radius 3 is 2.53 bits per heavy atom. The molecule has 5 aromatic rings. The molecule has 7 rings (SSSR count). The molecule has 0 fully saturated rings. The quantitative estimate of drug-likeness (QED) is 0.203. The van der Waals surface area contributed by atoms with E-state index in [0.29, 0.717) is 29.2 Å². The number of halogens is 1. The van der Waals surface area contributed by atoms with Crippen LogP contribution in [0.5, 0.6) is 17.2 Å². The number of nitrogens with one attached hydrogen (secondary N) is 2. The van der Waals surface area contributed by atoms with E-state index in [4.69, 9.17) is 30.2 Å². The third-order valence-electron chi connectivity index (χ3n) is 8.78. The highest BCUT2D eigenvalue weighted by molar-refractivity contribution is 6.36. The van der Waals surface area contributed by atoms with E-state index < -0.39 is 23.1 Å². The van der Waals surface area contributed by atoms with Crippen LogP contribution in [0.2, 0.25) is 5.02 Å². The predicted molar refractivity (Wildman–Crippen MR) is 167 cm³/mol. The van der Waals surface area contributed by atoms with Gasteiger partial charge in [-0.05, 0) is 17.7 Å². The highest BCUT2D eigenvalue weighted by Gasteiger charge is 2.63. The molecule has 0 radical (unpaired) electrons. The molecule has 0 saturated carbocycles. The first-order chi connectivity index (χ1) is 21.8. The number of ketones is 2. The first kappa shape index (κ1) is 28.7. The molecule has 9 nitrogen and oxygen atoms in total. The van der Waals surface area contributed by atoms with Gasteiger partial charge in [0, 0.05) is 53.2 Å². The molecule has 3 heterocycles. The van der Waals surface area contributed by atoms with Crippen molar-refractivity contribution >= 4 is 40.0 Å². The molecule has 0 bridgehead atoms. The van der Waals surface area contributed by atoms with Gasteiger partial charge in [0.05, 0.1) is 26.2 Å². The van der Waals surface area contributed by atoms with E-state index in [0.717, 1.165) is 16.5 Å². The van der Waals surface area contributed by atoms with E-state index in [-0.39, 0.29) is 52.1 Å². The minimum Gasteiger partial charge on any atom is -0.496 e. The second-order valence-corrected chi connectivity index (χ2v) is 11.7. The third kappa shape index (κ3) is 4.33. The van der Waals surface area contributed by atoms with Crippen LogP contribution in [0.4, 0.5) is 0 Å². The van der Waals surface area contributed by atoms with Crippen molar-refractivity contribution in [2.24, 2.45) is 5.92 Å². The monoisotopic (exact) mass is 624 g/mol. The number of hydrogen-bond acceptors (Lipinski definition) is 7. The summed E-state index contributed by atoms with van der Waals surface area (Å²) < 4.78 is 23.5. The maximum Gasteiger partial charge on any atom is 0.237 e. The molecular formula is C35H29ClN2O7. The van der Waals surface area contributed by atoms with Gasteiger partial charge in [0.15, 0.2) is 5.75 Å². The van der Waals surface area contributed by atoms with E-state index in [2.05, 4.69) is 10.3 Å². The fourth-order valence-electron chi connectivity index (χ4n) is 6.54. The summed E-state index contributed by atoms with van der Waals surface area (Å²) in [6.45, 7) is 2.06. The average molecular weight is 625 g/mol. The second kappa shape index (κ2) is 10.9. The van der Waals surface area contributed by atoms with Crippen molar-refractivity contribution in [1.29, 1.82) is 0 Å². The van der Waals surface area contributed by atoms with E-state index in [1.807, 2.05) is 60.8 Å². The Kier molecular flexibility index (Phi) is 6.93. The zero-order valence-corrected chi connectivity index (χ0v) is 25.5. The summed E-state index contributed by atoms with van der Waals surface area (Å²) >= 11 is 6.60. The molecule has 0 saturated heterocycles. The van der Waals surface area contributed by atoms with Gasteiger partial charge in [-0.15, -0.1) is 0 Å². The maximum atomic E-state index is 14.7. The Morgan fingerprint density at radius 2 is 1.78 bits per heavy atom. The lowest BCUT2D eigenvalue weighted by molar-refractivity contribution is -0.120. The third-order valence-corrected chi connectivity index (χ3v) is 9.14. The van der Waals surface area contributed by atoms with Crippen molar-refractivity contribution in [3.05, 3.63) is 99.9 Å². The molecular weight excluding hydrogens is 596 g/mol. The number of fused-ring (bicyclic) bond motifs is 3. The highest BCUT2D eigenvalue weighted by Crippen LogP contribution is 2.54. The first-order valence-electron chi connectivity index (χ1n) is 14.5. The van der Waals surface area contributed by atoms with Crippen molar-refractivity contribution < 1.29 is 33.0 Å². The summed E-state index contributed by atoms with van der Waals surface area (Å²) in [6.07, 6.45) is 1.92. The molecule has 1 aliphatic heterocycles. The number of amides is 1. The van der Waals surface area contributed by atoms with Gasteiger partial charge in [0.1, 0.15) is 33.6 Å². The molecule has 1 aliphatic carbocycles. The zero-order valence-electron chi connectivity index (χ0n) is 24.8. The lowest BCUT2D eigenvalue weighted by atomic mass is 9.70. The van der Waals surface area contributed by atoms with Crippen molar-refractivity contribution in [2.75, 3.05) is 14.2 Å². The summed E-state index contributed by atoms with van der Waals surface area (Å²) in [4.78, 5) is 45.6. The van der Waals surface area contributed by atoms with Crippen LogP contribution < -0.4 is 19.5 Å². The molecule has 10 heteroatoms. The topological polar surface area (TPSA) is 120 Å². The minimum atomic E-state index is -1.92. The van der Waals surface area contributed by atoms with Crippen LogP contribution in [-0.4, -0.2) is 42.3 Å². The van der Waals surface area contributed by atoms with Crippen LogP contribution in [0.1, 0.15) is 44.5 Å². The summed E-state index contributed by atoms with van der Waals surface area (Å²) in [5.74, 6) is -0.792. The number of benzene rings is 3. The number of ether oxygens (including phenoxy) is 3. The maximum absolute atomic E-state index is 14.7. The summed E-state index contributed by atoms with van der Waals surface area (Å²) in [6, 6.07) is 18.6. The van der Waals surface area contributed by atoms with Crippen molar-refractivity contribution in [1.82, 2.24) is 10.3 Å². The Balaban J connectivity index is 1.29. The lowest BCUT2D eigenvalue weighted by Crippen LogP contribution is -2.56. The highest BCUT2D eigenvalue weighted by atomic mass is 35.5. The lowest BCUT2D eigenvalue weighted by Gasteiger charge is -2.35. The standard InChI is InChI=1S/C35H29ClN2O7/c1-18-14-25-28(33(40)35(18)34(41)29-24(42-2)16-26(43-3)30(36)32(29)45-35)22(31(44-25)19-8-5-4-6-9-19)15-27(39)38-17-20-10-7-11-23-21(20)12-13-37-23/h4-13,16,18,37H,14-15,17H2,1-3H3,(H,38,39)/t18-,35+/m1/s1. The van der Waals surface area contributed by atoms with E-state index in [1.165, 1.54) is 20.3 Å². The fourth-order valence-corrected chi connectivity index (χ4v) is 6.81. The molecule has 3 aromatic carbocycles. The Hall–Kier alpha value is -5.02. The number of hydrogen-bond donors (Lipinski definition) is 2. The van der Waals surface area contributed by atoms with Crippen molar-refractivity contribution in [3.63, 3.8) is 0 Å². The number of rotatable bonds is 7. The number of methoxy groups -OCH3 is 2. The van der Waals surface area contributed by atoms with Crippen LogP contribution in [0.3, 0.4) is 0 Å². The SMILES string of the molecule is COc1cc(OC)c2c(c1Cl)O[C@@]1(C(=O)c3c(oc(-c4ccccc4)c3CC(=O)NCc3cccc4[nH]ccc34)C[C@H]1C)C2=O. The minimum absolute atomic E-state index is 0.0338. The largest absolute Gasteiger partial charge is 0.496 e. The normalized spacial score (nSPS) is 18.5. The van der Waals surface area contributed by atoms with Crippen molar-refractivity contribution in [2.45, 2.75) is 31.9 Å². The van der Waals surface area contributed by atoms with Crippen LogP contribution in [0.15, 0.2) is 71.3 Å². The van der Waals surface area contributed by atoms with Gasteiger partial charge in [-0.1, -0.05) is 61.0 Å². The number of H-pyrrole nitrogens is 1. The molecule has 1 amide bonds. The van der Waals surface area contributed by atoms with Gasteiger partial charge in [0.2, 0.25) is 23.1 Å². The number of aromatic amines is 1. The molecule has 1 spiro atoms. The fraction of sp³-hybridized carbons (Fsp3) is 0.229. The summed E-state index contributed by atoms with van der Waals surface area (Å²) in [7, 11) is 2.85. The van der Waals surface area contributed by atoms with Crippen LogP contribution in [0.25, 0.3) is 22.2 Å². The van der Waals surface area contributed by atoms with Gasteiger partial charge in [0.25, 0.3) is 0 Å². The first-order valence-corrected chi connectivity index (χ1v) is 14.9.